The number of nitrogens with one attached hydrogen (secondary N) is 1. The number of hydrogen-bond acceptors (Lipinski definition) is 2. The smallest absolute Gasteiger partial charge is 0.132 e. The van der Waals surface area contributed by atoms with Crippen molar-refractivity contribution in [1.82, 2.24) is 10.2 Å². The molecule has 1 saturated carbocycles. The highest BCUT2D eigenvalue weighted by Crippen LogP contribution is 2.12. The van der Waals surface area contributed by atoms with Crippen molar-refractivity contribution < 1.29 is 4.79 Å². The molecular weight excluding hydrogens is 152 g/mol. The fraction of sp³-hybridized carbons (Fsp3) is 0.556. The van der Waals surface area contributed by atoms with E-state index < -0.39 is 0 Å². The van der Waals surface area contributed by atoms with Gasteiger partial charge in [-0.3, -0.25) is 9.89 Å². The van der Waals surface area contributed by atoms with E-state index in [1.165, 1.54) is 6.42 Å². The molecular formula is C9H14N2O. The highest BCUT2D eigenvalue weighted by atomic mass is 16.1. The van der Waals surface area contributed by atoms with E-state index in [-0.39, 0.29) is 0 Å². The summed E-state index contributed by atoms with van der Waals surface area (Å²) in [4.78, 5) is 10.5. The maximum Gasteiger partial charge on any atom is 0.132 e. The highest BCUT2D eigenvalue weighted by molar-refractivity contribution is 5.78. The molecule has 0 unspecified atom stereocenters. The van der Waals surface area contributed by atoms with Crippen molar-refractivity contribution in [2.45, 2.75) is 32.1 Å². The Labute approximate surface area is 72.2 Å². The first-order valence-electron chi connectivity index (χ1n) is 4.35. The molecule has 0 radical (unpaired) electrons. The van der Waals surface area contributed by atoms with Crippen LogP contribution < -0.4 is 0 Å². The number of carbonyl (C=O) groups excluding carboxylic acids is 1. The zero-order chi connectivity index (χ0) is 8.65. The second-order valence-electron chi connectivity index (χ2n) is 2.87. The van der Waals surface area contributed by atoms with Gasteiger partial charge in [0.05, 0.1) is 0 Å². The van der Waals surface area contributed by atoms with Crippen LogP contribution in [-0.2, 0) is 4.79 Å². The molecule has 0 aliphatic heterocycles. The second kappa shape index (κ2) is 5.52. The fourth-order valence-electron chi connectivity index (χ4n) is 1.16. The van der Waals surface area contributed by atoms with Gasteiger partial charge in [-0.25, -0.2) is 0 Å². The normalized spacial score (nSPS) is 16.5. The maximum atomic E-state index is 10.5. The number of carbonyl (C=O) groups is 1. The molecule has 1 aliphatic carbocycles. The van der Waals surface area contributed by atoms with Crippen molar-refractivity contribution in [2.75, 3.05) is 0 Å². The van der Waals surface area contributed by atoms with Crippen molar-refractivity contribution in [1.29, 1.82) is 0 Å². The van der Waals surface area contributed by atoms with Crippen molar-refractivity contribution in [3.8, 4) is 0 Å². The van der Waals surface area contributed by atoms with Gasteiger partial charge >= 0.3 is 0 Å². The van der Waals surface area contributed by atoms with Gasteiger partial charge in [-0.15, -0.1) is 0 Å². The number of aromatic nitrogens is 2. The zero-order valence-corrected chi connectivity index (χ0v) is 7.12. The molecule has 3 heteroatoms. The van der Waals surface area contributed by atoms with Crippen molar-refractivity contribution in [3.63, 3.8) is 0 Å². The van der Waals surface area contributed by atoms with Crippen LogP contribution in [0.1, 0.15) is 32.1 Å². The van der Waals surface area contributed by atoms with E-state index in [1.807, 2.05) is 6.07 Å². The summed E-state index contributed by atoms with van der Waals surface area (Å²) in [7, 11) is 0. The van der Waals surface area contributed by atoms with Gasteiger partial charge in [0.15, 0.2) is 0 Å². The number of H-pyrrole nitrogens is 1. The van der Waals surface area contributed by atoms with Crippen molar-refractivity contribution in [3.05, 3.63) is 18.5 Å². The lowest BCUT2D eigenvalue weighted by molar-refractivity contribution is -0.120. The highest BCUT2D eigenvalue weighted by Gasteiger charge is 2.05. The molecule has 1 fully saturated rings. The third-order valence-corrected chi connectivity index (χ3v) is 1.82. The second-order valence-corrected chi connectivity index (χ2v) is 2.87. The predicted octanol–water partition coefficient (Wildman–Crippen LogP) is 1.93. The minimum Gasteiger partial charge on any atom is -0.300 e. The Balaban J connectivity index is 0.000000127. The molecule has 2 rings (SSSR count). The Morgan fingerprint density at radius 3 is 2.25 bits per heavy atom. The van der Waals surface area contributed by atoms with Crippen LogP contribution in [0.15, 0.2) is 18.5 Å². The molecule has 1 N–H and O–H groups in total. The summed E-state index contributed by atoms with van der Waals surface area (Å²) in [5.41, 5.74) is 0. The summed E-state index contributed by atoms with van der Waals surface area (Å²) in [5, 5.41) is 6.21. The van der Waals surface area contributed by atoms with Gasteiger partial charge < -0.3 is 0 Å². The lowest BCUT2D eigenvalue weighted by Gasteiger charge is -2.05. The minimum atomic E-state index is 0.464. The first-order valence-corrected chi connectivity index (χ1v) is 4.35. The number of Topliss-reactive ketones (excluding diaryl/α,β-unsaturated/α-hetero) is 1. The number of aromatic amines is 1. The number of nitrogens with zero attached hydrogens (tertiary/aromatic N) is 1. The molecule has 0 atom stereocenters. The lowest BCUT2D eigenvalue weighted by Crippen LogP contribution is -2.02. The molecule has 66 valence electrons. The van der Waals surface area contributed by atoms with Gasteiger partial charge in [-0.05, 0) is 18.9 Å². The van der Waals surface area contributed by atoms with Gasteiger partial charge in [0.2, 0.25) is 0 Å². The van der Waals surface area contributed by atoms with Gasteiger partial charge in [-0.2, -0.15) is 5.10 Å². The SMILES string of the molecule is O=C1CCCCC1.c1cn[nH]c1. The topological polar surface area (TPSA) is 45.8 Å². The Hall–Kier alpha value is -1.12. The third kappa shape index (κ3) is 3.91. The Bertz CT molecular complexity index is 181. The Kier molecular flexibility index (Phi) is 4.13. The first-order chi connectivity index (χ1) is 5.89. The van der Waals surface area contributed by atoms with Crippen molar-refractivity contribution >= 4 is 5.78 Å². The molecule has 0 amide bonds. The zero-order valence-electron chi connectivity index (χ0n) is 7.12. The van der Waals surface area contributed by atoms with Gasteiger partial charge in [0.25, 0.3) is 0 Å². The molecule has 0 saturated heterocycles. The largest absolute Gasteiger partial charge is 0.300 e. The minimum absolute atomic E-state index is 0.464. The average Bonchev–Trinajstić information content (AvgIpc) is 2.62. The van der Waals surface area contributed by atoms with Crippen LogP contribution in [0.25, 0.3) is 0 Å². The van der Waals surface area contributed by atoms with Gasteiger partial charge in [0, 0.05) is 25.2 Å². The molecule has 0 spiro atoms. The monoisotopic (exact) mass is 166 g/mol. The molecule has 1 aromatic rings. The molecule has 3 nitrogen and oxygen atoms in total. The van der Waals surface area contributed by atoms with Gasteiger partial charge in [0.1, 0.15) is 5.78 Å². The summed E-state index contributed by atoms with van der Waals surface area (Å²) in [6.45, 7) is 0. The molecule has 0 bridgehead atoms. The van der Waals surface area contributed by atoms with E-state index >= 15 is 0 Å². The van der Waals surface area contributed by atoms with E-state index in [4.69, 9.17) is 0 Å². The molecule has 0 aromatic carbocycles. The van der Waals surface area contributed by atoms with Crippen LogP contribution >= 0.6 is 0 Å². The molecule has 12 heavy (non-hydrogen) atoms. The molecule has 1 aliphatic rings. The van der Waals surface area contributed by atoms with Crippen LogP contribution in [0.2, 0.25) is 0 Å². The third-order valence-electron chi connectivity index (χ3n) is 1.82. The maximum absolute atomic E-state index is 10.5. The average molecular weight is 166 g/mol. The standard InChI is InChI=1S/C6H10O.C3H4N2/c7-6-4-2-1-3-5-6;1-2-4-5-3-1/h1-5H2;1-3H,(H,4,5). The van der Waals surface area contributed by atoms with Gasteiger partial charge in [-0.1, -0.05) is 6.42 Å². The molecule has 1 aromatic heterocycles. The summed E-state index contributed by atoms with van der Waals surface area (Å²) < 4.78 is 0. The number of ketones is 1. The van der Waals surface area contributed by atoms with Crippen LogP contribution in [0.5, 0.6) is 0 Å². The summed E-state index contributed by atoms with van der Waals surface area (Å²) in [6.07, 6.45) is 8.70. The lowest BCUT2D eigenvalue weighted by atomic mass is 10.00. The Morgan fingerprint density at radius 1 is 1.25 bits per heavy atom. The van der Waals surface area contributed by atoms with Crippen LogP contribution in [0.3, 0.4) is 0 Å². The van der Waals surface area contributed by atoms with E-state index in [2.05, 4.69) is 10.2 Å². The first kappa shape index (κ1) is 8.97. The predicted molar refractivity (Wildman–Crippen MR) is 46.7 cm³/mol. The number of rotatable bonds is 0. The van der Waals surface area contributed by atoms with E-state index in [0.29, 0.717) is 5.78 Å². The fourth-order valence-corrected chi connectivity index (χ4v) is 1.16. The summed E-state index contributed by atoms with van der Waals surface area (Å²) >= 11 is 0. The van der Waals surface area contributed by atoms with E-state index in [9.17, 15) is 4.79 Å². The van der Waals surface area contributed by atoms with E-state index in [0.717, 1.165) is 25.7 Å². The Morgan fingerprint density at radius 2 is 2.00 bits per heavy atom. The summed E-state index contributed by atoms with van der Waals surface area (Å²) in [5.74, 6) is 0.464. The molecule has 1 heterocycles. The van der Waals surface area contributed by atoms with Crippen LogP contribution in [0, 0.1) is 0 Å². The number of hydrogen-bond donors (Lipinski definition) is 1. The van der Waals surface area contributed by atoms with Crippen LogP contribution in [-0.4, -0.2) is 16.0 Å². The van der Waals surface area contributed by atoms with Crippen molar-refractivity contribution in [2.24, 2.45) is 0 Å². The van der Waals surface area contributed by atoms with Crippen LogP contribution in [0.4, 0.5) is 0 Å². The van der Waals surface area contributed by atoms with E-state index in [1.54, 1.807) is 12.4 Å². The summed E-state index contributed by atoms with van der Waals surface area (Å²) in [6, 6.07) is 1.83. The quantitative estimate of drug-likeness (QED) is 0.640.